The number of aldehydes is 1. The highest BCUT2D eigenvalue weighted by Crippen LogP contribution is 2.47. The maximum atomic E-state index is 12.7. The molecule has 0 saturated carbocycles. The fourth-order valence-electron chi connectivity index (χ4n) is 3.37. The molecule has 0 saturated heterocycles. The average molecular weight is 246 g/mol. The molecular formula is C16H22O2. The fraction of sp³-hybridized carbons (Fsp3) is 0.625. The first-order chi connectivity index (χ1) is 8.60. The molecule has 0 fully saturated rings. The minimum absolute atomic E-state index is 0.0657. The van der Waals surface area contributed by atoms with E-state index in [1.54, 1.807) is 0 Å². The molecule has 0 aromatic heterocycles. The second-order valence-corrected chi connectivity index (χ2v) is 5.85. The van der Waals surface area contributed by atoms with Crippen LogP contribution in [0.15, 0.2) is 24.3 Å². The van der Waals surface area contributed by atoms with Gasteiger partial charge < -0.3 is 4.79 Å². The van der Waals surface area contributed by atoms with Crippen molar-refractivity contribution in [1.82, 2.24) is 0 Å². The number of Topliss-reactive ketones (excluding diaryl/α,β-unsaturated/α-hetero) is 1. The van der Waals surface area contributed by atoms with Crippen LogP contribution in [0.25, 0.3) is 0 Å². The van der Waals surface area contributed by atoms with Gasteiger partial charge in [-0.15, -0.1) is 0 Å². The van der Waals surface area contributed by atoms with E-state index in [1.165, 1.54) is 0 Å². The first kappa shape index (κ1) is 13.3. The zero-order valence-electron chi connectivity index (χ0n) is 11.3. The van der Waals surface area contributed by atoms with E-state index < -0.39 is 5.41 Å². The summed E-state index contributed by atoms with van der Waals surface area (Å²) in [6.07, 6.45) is 12.6. The van der Waals surface area contributed by atoms with Crippen LogP contribution < -0.4 is 0 Å². The molecule has 2 heteroatoms. The Morgan fingerprint density at radius 1 is 1.39 bits per heavy atom. The lowest BCUT2D eigenvalue weighted by atomic mass is 9.62. The lowest BCUT2D eigenvalue weighted by Crippen LogP contribution is -2.41. The summed E-state index contributed by atoms with van der Waals surface area (Å²) in [5, 5.41) is 0. The van der Waals surface area contributed by atoms with Crippen LogP contribution in [-0.2, 0) is 9.59 Å². The molecule has 2 rings (SSSR count). The van der Waals surface area contributed by atoms with Gasteiger partial charge in [-0.25, -0.2) is 0 Å². The third-order valence-corrected chi connectivity index (χ3v) is 4.45. The molecule has 0 aromatic carbocycles. The van der Waals surface area contributed by atoms with E-state index >= 15 is 0 Å². The molecule has 2 aliphatic rings. The summed E-state index contributed by atoms with van der Waals surface area (Å²) in [6.45, 7) is 4.19. The Labute approximate surface area is 109 Å². The minimum Gasteiger partial charge on any atom is -0.303 e. The molecule has 0 radical (unpaired) electrons. The summed E-state index contributed by atoms with van der Waals surface area (Å²) in [5.41, 5.74) is -0.417. The predicted octanol–water partition coefficient (Wildman–Crippen LogP) is 3.33. The second-order valence-electron chi connectivity index (χ2n) is 5.85. The largest absolute Gasteiger partial charge is 0.303 e. The monoisotopic (exact) mass is 246 g/mol. The van der Waals surface area contributed by atoms with Crippen molar-refractivity contribution in [3.63, 3.8) is 0 Å². The number of ketones is 1. The standard InChI is InChI=1S/C16H22O2/c1-12-7-9-16(8-4-10-17)14(11-12)6-3-5-13(2)15(16)18/h3,6-7,9-10,12-14H,4-5,8,11H2,1-2H3/t12?,13?,14-,16+/m1/s1. The summed E-state index contributed by atoms with van der Waals surface area (Å²) < 4.78 is 0. The Hall–Kier alpha value is -1.18. The van der Waals surface area contributed by atoms with Gasteiger partial charge in [-0.1, -0.05) is 38.2 Å². The van der Waals surface area contributed by atoms with Crippen molar-refractivity contribution >= 4 is 12.1 Å². The van der Waals surface area contributed by atoms with Crippen LogP contribution in [0.4, 0.5) is 0 Å². The lowest BCUT2D eigenvalue weighted by molar-refractivity contribution is -0.132. The molecule has 0 spiro atoms. The van der Waals surface area contributed by atoms with E-state index in [0.29, 0.717) is 24.5 Å². The molecule has 18 heavy (non-hydrogen) atoms. The SMILES string of the molecule is CC1C=C[C@]2(CCC=O)C(=O)C(C)CC=C[C@@H]2C1. The lowest BCUT2D eigenvalue weighted by Gasteiger charge is -2.40. The van der Waals surface area contributed by atoms with Crippen molar-refractivity contribution in [3.8, 4) is 0 Å². The van der Waals surface area contributed by atoms with Crippen LogP contribution in [0.2, 0.25) is 0 Å². The number of allylic oxidation sites excluding steroid dienone is 4. The molecule has 2 aliphatic carbocycles. The number of carbonyl (C=O) groups excluding carboxylic acids is 2. The summed E-state index contributed by atoms with van der Waals surface area (Å²) in [7, 11) is 0. The first-order valence-electron chi connectivity index (χ1n) is 6.94. The quantitative estimate of drug-likeness (QED) is 0.565. The average Bonchev–Trinajstić information content (AvgIpc) is 2.47. The molecule has 98 valence electrons. The van der Waals surface area contributed by atoms with E-state index in [-0.39, 0.29) is 11.8 Å². The highest BCUT2D eigenvalue weighted by atomic mass is 16.1. The Morgan fingerprint density at radius 2 is 2.17 bits per heavy atom. The third kappa shape index (κ3) is 2.21. The molecule has 0 N–H and O–H groups in total. The van der Waals surface area contributed by atoms with Crippen LogP contribution in [0.1, 0.15) is 39.5 Å². The summed E-state index contributed by atoms with van der Waals surface area (Å²) in [4.78, 5) is 23.4. The Bertz CT molecular complexity index is 394. The molecule has 4 atom stereocenters. The van der Waals surface area contributed by atoms with Gasteiger partial charge in [0.2, 0.25) is 0 Å². The van der Waals surface area contributed by atoms with Crippen molar-refractivity contribution in [3.05, 3.63) is 24.3 Å². The van der Waals surface area contributed by atoms with Gasteiger partial charge in [0.05, 0.1) is 5.41 Å². The van der Waals surface area contributed by atoms with E-state index in [2.05, 4.69) is 31.2 Å². The fourth-order valence-corrected chi connectivity index (χ4v) is 3.37. The van der Waals surface area contributed by atoms with Gasteiger partial charge in [-0.2, -0.15) is 0 Å². The van der Waals surface area contributed by atoms with Gasteiger partial charge in [-0.3, -0.25) is 4.79 Å². The van der Waals surface area contributed by atoms with Crippen molar-refractivity contribution in [2.75, 3.05) is 0 Å². The molecule has 0 aliphatic heterocycles. The molecule has 0 bridgehead atoms. The second kappa shape index (κ2) is 5.21. The number of rotatable bonds is 3. The van der Waals surface area contributed by atoms with Gasteiger partial charge in [0.15, 0.2) is 0 Å². The molecule has 2 unspecified atom stereocenters. The molecule has 0 heterocycles. The van der Waals surface area contributed by atoms with E-state index in [0.717, 1.165) is 19.1 Å². The Balaban J connectivity index is 2.40. The minimum atomic E-state index is -0.417. The van der Waals surface area contributed by atoms with Crippen LogP contribution in [-0.4, -0.2) is 12.1 Å². The van der Waals surface area contributed by atoms with Gasteiger partial charge in [0.25, 0.3) is 0 Å². The Kier molecular flexibility index (Phi) is 3.84. The topological polar surface area (TPSA) is 34.1 Å². The van der Waals surface area contributed by atoms with E-state index in [9.17, 15) is 9.59 Å². The van der Waals surface area contributed by atoms with Gasteiger partial charge >= 0.3 is 0 Å². The smallest absolute Gasteiger partial charge is 0.146 e. The van der Waals surface area contributed by atoms with E-state index in [4.69, 9.17) is 0 Å². The third-order valence-electron chi connectivity index (χ3n) is 4.45. The normalized spacial score (nSPS) is 39.2. The molecule has 0 amide bonds. The number of carbonyl (C=O) groups is 2. The zero-order chi connectivity index (χ0) is 13.2. The maximum Gasteiger partial charge on any atom is 0.146 e. The maximum absolute atomic E-state index is 12.7. The van der Waals surface area contributed by atoms with Crippen molar-refractivity contribution < 1.29 is 9.59 Å². The highest BCUT2D eigenvalue weighted by molar-refractivity contribution is 5.90. The number of hydrogen-bond donors (Lipinski definition) is 0. The van der Waals surface area contributed by atoms with E-state index in [1.807, 2.05) is 6.92 Å². The van der Waals surface area contributed by atoms with Crippen molar-refractivity contribution in [1.29, 1.82) is 0 Å². The van der Waals surface area contributed by atoms with Gasteiger partial charge in [-0.05, 0) is 31.1 Å². The van der Waals surface area contributed by atoms with Crippen molar-refractivity contribution in [2.45, 2.75) is 39.5 Å². The van der Waals surface area contributed by atoms with Crippen molar-refractivity contribution in [2.24, 2.45) is 23.2 Å². The van der Waals surface area contributed by atoms with Gasteiger partial charge in [0, 0.05) is 12.3 Å². The number of fused-ring (bicyclic) bond motifs is 1. The van der Waals surface area contributed by atoms with Gasteiger partial charge in [0.1, 0.15) is 12.1 Å². The van der Waals surface area contributed by atoms with Crippen LogP contribution in [0.3, 0.4) is 0 Å². The summed E-state index contributed by atoms with van der Waals surface area (Å²) >= 11 is 0. The summed E-state index contributed by atoms with van der Waals surface area (Å²) in [5.74, 6) is 1.18. The molecule has 2 nitrogen and oxygen atoms in total. The zero-order valence-corrected chi connectivity index (χ0v) is 11.3. The first-order valence-corrected chi connectivity index (χ1v) is 6.94. The van der Waals surface area contributed by atoms with Crippen LogP contribution in [0, 0.1) is 23.2 Å². The highest BCUT2D eigenvalue weighted by Gasteiger charge is 2.46. The molecule has 0 aromatic rings. The summed E-state index contributed by atoms with van der Waals surface area (Å²) in [6, 6.07) is 0. The van der Waals surface area contributed by atoms with Crippen LogP contribution >= 0.6 is 0 Å². The predicted molar refractivity (Wildman–Crippen MR) is 72.1 cm³/mol. The number of hydrogen-bond acceptors (Lipinski definition) is 2. The Morgan fingerprint density at radius 3 is 2.89 bits per heavy atom. The molecular weight excluding hydrogens is 224 g/mol. The van der Waals surface area contributed by atoms with Crippen LogP contribution in [0.5, 0.6) is 0 Å².